The molecule has 0 aliphatic carbocycles. The third-order valence-corrected chi connectivity index (χ3v) is 5.07. The first-order chi connectivity index (χ1) is 12.0. The summed E-state index contributed by atoms with van der Waals surface area (Å²) in [6.07, 6.45) is 1.96. The van der Waals surface area contributed by atoms with Gasteiger partial charge in [-0.05, 0) is 32.9 Å². The highest BCUT2D eigenvalue weighted by Gasteiger charge is 2.32. The fraction of sp³-hybridized carbons (Fsp3) is 0.688. The molecule has 0 radical (unpaired) electrons. The molecule has 0 aromatic carbocycles. The standard InChI is InChI=1S/C16H26N4O4S.ClH/c1-12-7-13(20-24-12)19-15(22)9-25-8-14(21)18-10-16(11-23-2)3-5-17-6-4-16;/h7,17H,3-6,8-11H2,1-2H3,(H,18,21)(H,19,20,22);1H. The van der Waals surface area contributed by atoms with Gasteiger partial charge < -0.3 is 25.2 Å². The van der Waals surface area contributed by atoms with E-state index in [2.05, 4.69) is 21.1 Å². The quantitative estimate of drug-likeness (QED) is 0.566. The van der Waals surface area contributed by atoms with Crippen LogP contribution in [0.25, 0.3) is 0 Å². The Bertz CT molecular complexity index is 573. The number of nitrogens with zero attached hydrogens (tertiary/aromatic N) is 1. The predicted molar refractivity (Wildman–Crippen MR) is 104 cm³/mol. The number of aryl methyl sites for hydroxylation is 1. The maximum Gasteiger partial charge on any atom is 0.235 e. The predicted octanol–water partition coefficient (Wildman–Crippen LogP) is 1.21. The summed E-state index contributed by atoms with van der Waals surface area (Å²) in [6, 6.07) is 1.64. The number of methoxy groups -OCH3 is 1. The van der Waals surface area contributed by atoms with Gasteiger partial charge in [-0.1, -0.05) is 5.16 Å². The molecule has 2 heterocycles. The number of anilines is 1. The number of amides is 2. The van der Waals surface area contributed by atoms with Crippen molar-refractivity contribution in [2.75, 3.05) is 50.2 Å². The van der Waals surface area contributed by atoms with Gasteiger partial charge in [0.2, 0.25) is 11.8 Å². The Balaban J connectivity index is 0.00000338. The van der Waals surface area contributed by atoms with E-state index in [1.807, 2.05) is 0 Å². The lowest BCUT2D eigenvalue weighted by Crippen LogP contribution is -2.47. The number of hydrogen-bond acceptors (Lipinski definition) is 7. The van der Waals surface area contributed by atoms with Crippen molar-refractivity contribution in [1.29, 1.82) is 0 Å². The summed E-state index contributed by atoms with van der Waals surface area (Å²) in [6.45, 7) is 4.87. The van der Waals surface area contributed by atoms with Crippen LogP contribution < -0.4 is 16.0 Å². The Morgan fingerprint density at radius 2 is 2.04 bits per heavy atom. The van der Waals surface area contributed by atoms with E-state index in [9.17, 15) is 9.59 Å². The van der Waals surface area contributed by atoms with E-state index < -0.39 is 0 Å². The Morgan fingerprint density at radius 3 is 2.65 bits per heavy atom. The third-order valence-electron chi connectivity index (χ3n) is 4.14. The zero-order valence-electron chi connectivity index (χ0n) is 15.1. The van der Waals surface area contributed by atoms with Gasteiger partial charge in [-0.2, -0.15) is 0 Å². The molecule has 0 unspecified atom stereocenters. The van der Waals surface area contributed by atoms with Gasteiger partial charge in [0.25, 0.3) is 0 Å². The summed E-state index contributed by atoms with van der Waals surface area (Å²) in [7, 11) is 1.69. The fourth-order valence-corrected chi connectivity index (χ4v) is 3.46. The van der Waals surface area contributed by atoms with Crippen LogP contribution in [0.3, 0.4) is 0 Å². The molecule has 148 valence electrons. The van der Waals surface area contributed by atoms with Gasteiger partial charge >= 0.3 is 0 Å². The minimum atomic E-state index is -0.208. The van der Waals surface area contributed by atoms with Crippen LogP contribution in [0.5, 0.6) is 0 Å². The minimum absolute atomic E-state index is 0. The lowest BCUT2D eigenvalue weighted by molar-refractivity contribution is -0.119. The third kappa shape index (κ3) is 7.53. The first-order valence-electron chi connectivity index (χ1n) is 8.30. The van der Waals surface area contributed by atoms with Gasteiger partial charge in [-0.15, -0.1) is 24.2 Å². The second-order valence-electron chi connectivity index (χ2n) is 6.32. The molecule has 1 aromatic heterocycles. The molecule has 8 nitrogen and oxygen atoms in total. The molecule has 1 aliphatic heterocycles. The molecule has 1 aromatic rings. The highest BCUT2D eigenvalue weighted by Crippen LogP contribution is 2.28. The van der Waals surface area contributed by atoms with E-state index in [1.54, 1.807) is 20.1 Å². The topological polar surface area (TPSA) is 105 Å². The van der Waals surface area contributed by atoms with E-state index >= 15 is 0 Å². The van der Waals surface area contributed by atoms with Gasteiger partial charge in [0.1, 0.15) is 5.76 Å². The number of aromatic nitrogens is 1. The Kier molecular flexibility index (Phi) is 10.0. The molecule has 26 heavy (non-hydrogen) atoms. The highest BCUT2D eigenvalue weighted by atomic mass is 35.5. The SMILES string of the molecule is COCC1(CNC(=O)CSCC(=O)Nc2cc(C)on2)CCNCC1.Cl. The van der Waals surface area contributed by atoms with Crippen LogP contribution >= 0.6 is 24.2 Å². The van der Waals surface area contributed by atoms with Crippen LogP contribution in [0.15, 0.2) is 10.6 Å². The summed E-state index contributed by atoms with van der Waals surface area (Å²) >= 11 is 1.27. The average Bonchev–Trinajstić information content (AvgIpc) is 2.99. The summed E-state index contributed by atoms with van der Waals surface area (Å²) in [5.74, 6) is 1.17. The molecule has 1 aliphatic rings. The van der Waals surface area contributed by atoms with E-state index in [0.29, 0.717) is 24.7 Å². The average molecular weight is 407 g/mol. The molecule has 10 heteroatoms. The molecule has 2 rings (SSSR count). The van der Waals surface area contributed by atoms with Gasteiger partial charge in [-0.3, -0.25) is 9.59 Å². The number of nitrogens with one attached hydrogen (secondary N) is 3. The molecule has 3 N–H and O–H groups in total. The molecular formula is C16H27ClN4O4S. The van der Waals surface area contributed by atoms with Crippen LogP contribution in [0, 0.1) is 12.3 Å². The number of ether oxygens (including phenoxy) is 1. The normalized spacial score (nSPS) is 15.8. The van der Waals surface area contributed by atoms with Crippen molar-refractivity contribution in [3.05, 3.63) is 11.8 Å². The second kappa shape index (κ2) is 11.4. The molecule has 0 bridgehead atoms. The summed E-state index contributed by atoms with van der Waals surface area (Å²) in [4.78, 5) is 23.8. The molecule has 2 amide bonds. The second-order valence-corrected chi connectivity index (χ2v) is 7.31. The Labute approximate surface area is 163 Å². The molecule has 1 saturated heterocycles. The van der Waals surface area contributed by atoms with Crippen molar-refractivity contribution >= 4 is 41.8 Å². The zero-order chi connectivity index (χ0) is 18.1. The molecule has 0 atom stereocenters. The van der Waals surface area contributed by atoms with Crippen LogP contribution in [0.1, 0.15) is 18.6 Å². The van der Waals surface area contributed by atoms with Crippen LogP contribution in [-0.4, -0.2) is 61.8 Å². The van der Waals surface area contributed by atoms with E-state index in [0.717, 1.165) is 25.9 Å². The molecule has 1 fully saturated rings. The number of carbonyl (C=O) groups is 2. The van der Waals surface area contributed by atoms with E-state index in [1.165, 1.54) is 11.8 Å². The summed E-state index contributed by atoms with van der Waals surface area (Å²) in [5, 5.41) is 12.6. The summed E-state index contributed by atoms with van der Waals surface area (Å²) in [5.41, 5.74) is 0.00249. The van der Waals surface area contributed by atoms with E-state index in [-0.39, 0.29) is 41.1 Å². The molecule has 0 saturated carbocycles. The first-order valence-corrected chi connectivity index (χ1v) is 9.46. The van der Waals surface area contributed by atoms with E-state index in [4.69, 9.17) is 9.26 Å². The van der Waals surface area contributed by atoms with Crippen LogP contribution in [-0.2, 0) is 14.3 Å². The van der Waals surface area contributed by atoms with Crippen molar-refractivity contribution in [2.45, 2.75) is 19.8 Å². The maximum absolute atomic E-state index is 12.0. The minimum Gasteiger partial charge on any atom is -0.384 e. The maximum atomic E-state index is 12.0. The highest BCUT2D eigenvalue weighted by molar-refractivity contribution is 8.00. The number of rotatable bonds is 9. The summed E-state index contributed by atoms with van der Waals surface area (Å²) < 4.78 is 10.2. The number of thioether (sulfide) groups is 1. The van der Waals surface area contributed by atoms with Crippen molar-refractivity contribution in [2.24, 2.45) is 5.41 Å². The van der Waals surface area contributed by atoms with Crippen molar-refractivity contribution < 1.29 is 18.8 Å². The largest absolute Gasteiger partial charge is 0.384 e. The number of hydrogen-bond donors (Lipinski definition) is 3. The van der Waals surface area contributed by atoms with Crippen molar-refractivity contribution in [3.63, 3.8) is 0 Å². The lowest BCUT2D eigenvalue weighted by atomic mass is 9.79. The Hall–Kier alpha value is -1.29. The molecule has 0 spiro atoms. The first kappa shape index (κ1) is 22.8. The van der Waals surface area contributed by atoms with Crippen molar-refractivity contribution in [1.82, 2.24) is 15.8 Å². The van der Waals surface area contributed by atoms with Gasteiger partial charge in [-0.25, -0.2) is 0 Å². The van der Waals surface area contributed by atoms with Gasteiger partial charge in [0.15, 0.2) is 5.82 Å². The van der Waals surface area contributed by atoms with Crippen LogP contribution in [0.2, 0.25) is 0 Å². The monoisotopic (exact) mass is 406 g/mol. The number of piperidine rings is 1. The fourth-order valence-electron chi connectivity index (χ4n) is 2.81. The number of halogens is 1. The number of carbonyl (C=O) groups excluding carboxylic acids is 2. The zero-order valence-corrected chi connectivity index (χ0v) is 16.8. The van der Waals surface area contributed by atoms with Crippen molar-refractivity contribution in [3.8, 4) is 0 Å². The van der Waals surface area contributed by atoms with Gasteiger partial charge in [0.05, 0.1) is 18.1 Å². The molecular weight excluding hydrogens is 380 g/mol. The van der Waals surface area contributed by atoms with Gasteiger partial charge in [0, 0.05) is 25.1 Å². The Morgan fingerprint density at radius 1 is 1.35 bits per heavy atom. The lowest BCUT2D eigenvalue weighted by Gasteiger charge is -2.37. The van der Waals surface area contributed by atoms with Crippen LogP contribution in [0.4, 0.5) is 5.82 Å². The smallest absolute Gasteiger partial charge is 0.235 e.